The van der Waals surface area contributed by atoms with Crippen molar-refractivity contribution in [3.8, 4) is 5.75 Å². The van der Waals surface area contributed by atoms with Crippen LogP contribution in [0.25, 0.3) is 11.0 Å². The maximum atomic E-state index is 12.9. The normalized spacial score (nSPS) is 22.6. The first-order valence-electron chi connectivity index (χ1n) is 10.6. The van der Waals surface area contributed by atoms with E-state index in [1.54, 1.807) is 7.11 Å². The number of carbonyl (C=O) groups excluding carboxylic acids is 1. The molecule has 0 bridgehead atoms. The van der Waals surface area contributed by atoms with Crippen molar-refractivity contribution in [2.45, 2.75) is 66.0 Å². The van der Waals surface area contributed by atoms with Crippen LogP contribution in [0.5, 0.6) is 5.75 Å². The van der Waals surface area contributed by atoms with Crippen LogP contribution >= 0.6 is 0 Å². The number of esters is 1. The highest BCUT2D eigenvalue weighted by Crippen LogP contribution is 2.35. The van der Waals surface area contributed by atoms with Crippen molar-refractivity contribution in [2.24, 2.45) is 24.8 Å². The zero-order chi connectivity index (χ0) is 20.4. The van der Waals surface area contributed by atoms with Crippen LogP contribution in [0.2, 0.25) is 0 Å². The van der Waals surface area contributed by atoms with Crippen LogP contribution in [0.4, 0.5) is 0 Å². The first-order chi connectivity index (χ1) is 13.3. The second-order valence-corrected chi connectivity index (χ2v) is 8.62. The summed E-state index contributed by atoms with van der Waals surface area (Å²) < 4.78 is 15.7. The van der Waals surface area contributed by atoms with E-state index in [0.717, 1.165) is 41.9 Å². The number of methoxy groups -OCH3 is 1. The summed E-state index contributed by atoms with van der Waals surface area (Å²) in [5.74, 6) is 3.38. The summed E-state index contributed by atoms with van der Waals surface area (Å²) in [4.78, 5) is 12.9. The third-order valence-electron chi connectivity index (χ3n) is 6.38. The minimum Gasteiger partial charge on any atom is -0.497 e. The number of benzene rings is 1. The molecule has 0 saturated heterocycles. The minimum atomic E-state index is -0.139. The lowest BCUT2D eigenvalue weighted by molar-refractivity contribution is -0.653. The summed E-state index contributed by atoms with van der Waals surface area (Å²) in [6.45, 7) is 9.09. The van der Waals surface area contributed by atoms with Gasteiger partial charge >= 0.3 is 5.97 Å². The highest BCUT2D eigenvalue weighted by molar-refractivity contribution is 5.77. The van der Waals surface area contributed by atoms with Crippen LogP contribution in [0.1, 0.15) is 52.8 Å². The molecule has 0 radical (unpaired) electrons. The fraction of sp³-hybridized carbons (Fsp3) is 0.652. The average molecular weight is 388 g/mol. The van der Waals surface area contributed by atoms with E-state index in [2.05, 4.69) is 36.8 Å². The van der Waals surface area contributed by atoms with E-state index >= 15 is 0 Å². The summed E-state index contributed by atoms with van der Waals surface area (Å²) in [6.07, 6.45) is 4.23. The van der Waals surface area contributed by atoms with Crippen molar-refractivity contribution in [3.63, 3.8) is 0 Å². The fourth-order valence-corrected chi connectivity index (χ4v) is 4.78. The molecule has 28 heavy (non-hydrogen) atoms. The van der Waals surface area contributed by atoms with E-state index in [0.29, 0.717) is 17.8 Å². The summed E-state index contributed by atoms with van der Waals surface area (Å²) in [7, 11) is 3.72. The first kappa shape index (κ1) is 20.7. The van der Waals surface area contributed by atoms with E-state index in [-0.39, 0.29) is 18.6 Å². The van der Waals surface area contributed by atoms with Crippen molar-refractivity contribution in [2.75, 3.05) is 7.11 Å². The maximum Gasteiger partial charge on any atom is 0.348 e. The van der Waals surface area contributed by atoms with Gasteiger partial charge < -0.3 is 9.47 Å². The smallest absolute Gasteiger partial charge is 0.348 e. The van der Waals surface area contributed by atoms with Crippen LogP contribution in [0, 0.1) is 17.8 Å². The number of nitrogens with zero attached hydrogens (tertiary/aromatic N) is 2. The van der Waals surface area contributed by atoms with Crippen LogP contribution in [-0.2, 0) is 29.5 Å². The van der Waals surface area contributed by atoms with Crippen LogP contribution in [0.15, 0.2) is 18.2 Å². The molecule has 1 aliphatic carbocycles. The standard InChI is InChI=1S/C23H35N2O3/c1-7-22-24(5)19-11-9-17(27-6)13-20(19)25(22)14-23(26)28-21-12-16(4)8-10-18(21)15(2)3/h9,11,13,15-16,18,21H,7-8,10,12,14H2,1-6H3/q+1/t16-,18+,21-/m1/s1. The van der Waals surface area contributed by atoms with Gasteiger partial charge in [-0.15, -0.1) is 0 Å². The Labute approximate surface area is 168 Å². The number of carbonyl (C=O) groups is 1. The molecule has 2 aromatic rings. The van der Waals surface area contributed by atoms with Gasteiger partial charge in [0.05, 0.1) is 14.2 Å². The molecule has 1 saturated carbocycles. The minimum absolute atomic E-state index is 0.0337. The predicted molar refractivity (Wildman–Crippen MR) is 110 cm³/mol. The maximum absolute atomic E-state index is 12.9. The van der Waals surface area contributed by atoms with E-state index in [1.807, 2.05) is 25.2 Å². The molecule has 1 heterocycles. The molecule has 5 heteroatoms. The quantitative estimate of drug-likeness (QED) is 0.555. The first-order valence-corrected chi connectivity index (χ1v) is 10.6. The van der Waals surface area contributed by atoms with Gasteiger partial charge in [0.1, 0.15) is 11.9 Å². The lowest BCUT2D eigenvalue weighted by Gasteiger charge is -2.36. The van der Waals surface area contributed by atoms with Gasteiger partial charge in [0, 0.05) is 12.5 Å². The molecule has 1 aromatic carbocycles. The van der Waals surface area contributed by atoms with Crippen molar-refractivity contribution in [1.29, 1.82) is 0 Å². The lowest BCUT2D eigenvalue weighted by Crippen LogP contribution is -2.37. The molecular formula is C23H35N2O3+. The summed E-state index contributed by atoms with van der Waals surface area (Å²) in [5.41, 5.74) is 2.10. The Kier molecular flexibility index (Phi) is 6.31. The summed E-state index contributed by atoms with van der Waals surface area (Å²) in [5, 5.41) is 0. The summed E-state index contributed by atoms with van der Waals surface area (Å²) >= 11 is 0. The van der Waals surface area contributed by atoms with Gasteiger partial charge in [0.25, 0.3) is 5.82 Å². The Balaban J connectivity index is 1.86. The number of hydrogen-bond donors (Lipinski definition) is 0. The van der Waals surface area contributed by atoms with Gasteiger partial charge in [0.2, 0.25) is 0 Å². The van der Waals surface area contributed by atoms with Crippen molar-refractivity contribution in [1.82, 2.24) is 4.57 Å². The van der Waals surface area contributed by atoms with E-state index in [4.69, 9.17) is 9.47 Å². The van der Waals surface area contributed by atoms with Crippen molar-refractivity contribution >= 4 is 17.0 Å². The van der Waals surface area contributed by atoms with E-state index in [1.165, 1.54) is 6.42 Å². The van der Waals surface area contributed by atoms with E-state index < -0.39 is 0 Å². The lowest BCUT2D eigenvalue weighted by atomic mass is 9.75. The molecule has 1 aliphatic rings. The zero-order valence-electron chi connectivity index (χ0n) is 18.2. The average Bonchev–Trinajstić information content (AvgIpc) is 2.92. The highest BCUT2D eigenvalue weighted by atomic mass is 16.5. The van der Waals surface area contributed by atoms with Gasteiger partial charge in [-0.1, -0.05) is 34.1 Å². The molecular weight excluding hydrogens is 352 g/mol. The molecule has 0 aliphatic heterocycles. The van der Waals surface area contributed by atoms with Crippen LogP contribution in [-0.4, -0.2) is 23.8 Å². The molecule has 0 unspecified atom stereocenters. The largest absolute Gasteiger partial charge is 0.497 e. The van der Waals surface area contributed by atoms with Crippen LogP contribution in [0.3, 0.4) is 0 Å². The van der Waals surface area contributed by atoms with Crippen molar-refractivity contribution < 1.29 is 18.8 Å². The van der Waals surface area contributed by atoms with Crippen molar-refractivity contribution in [3.05, 3.63) is 24.0 Å². The second-order valence-electron chi connectivity index (χ2n) is 8.62. The number of hydrogen-bond acceptors (Lipinski definition) is 3. The van der Waals surface area contributed by atoms with Crippen LogP contribution < -0.4 is 9.30 Å². The van der Waals surface area contributed by atoms with Gasteiger partial charge in [0.15, 0.2) is 17.6 Å². The Bertz CT molecular complexity index is 840. The number of fused-ring (bicyclic) bond motifs is 1. The third-order valence-corrected chi connectivity index (χ3v) is 6.38. The number of aromatic nitrogens is 2. The Morgan fingerprint density at radius 3 is 2.71 bits per heavy atom. The molecule has 3 rings (SSSR count). The third kappa shape index (κ3) is 4.03. The molecule has 0 spiro atoms. The molecule has 5 nitrogen and oxygen atoms in total. The summed E-state index contributed by atoms with van der Waals surface area (Å²) in [6, 6.07) is 6.01. The zero-order valence-corrected chi connectivity index (χ0v) is 18.2. The highest BCUT2D eigenvalue weighted by Gasteiger charge is 2.34. The molecule has 3 atom stereocenters. The topological polar surface area (TPSA) is 44.3 Å². The molecule has 154 valence electrons. The SMILES string of the molecule is CCc1n(CC(=O)O[C@@H]2C[C@H](C)CC[C@H]2C(C)C)c2cc(OC)ccc2[n+]1C. The number of imidazole rings is 1. The molecule has 1 fully saturated rings. The predicted octanol–water partition coefficient (Wildman–Crippen LogP) is 4.04. The Morgan fingerprint density at radius 2 is 2.07 bits per heavy atom. The Hall–Kier alpha value is -2.04. The number of aryl methyl sites for hydroxylation is 1. The Morgan fingerprint density at radius 1 is 1.32 bits per heavy atom. The number of ether oxygens (including phenoxy) is 2. The second kappa shape index (κ2) is 8.54. The number of rotatable bonds is 6. The van der Waals surface area contributed by atoms with Gasteiger partial charge in [-0.2, -0.15) is 0 Å². The van der Waals surface area contributed by atoms with E-state index in [9.17, 15) is 4.79 Å². The van der Waals surface area contributed by atoms with Gasteiger partial charge in [-0.25, -0.2) is 13.9 Å². The monoisotopic (exact) mass is 387 g/mol. The fourth-order valence-electron chi connectivity index (χ4n) is 4.78. The molecule has 1 aromatic heterocycles. The molecule has 0 amide bonds. The van der Waals surface area contributed by atoms with Gasteiger partial charge in [-0.05, 0) is 42.7 Å². The molecule has 0 N–H and O–H groups in total. The van der Waals surface area contributed by atoms with Gasteiger partial charge in [-0.3, -0.25) is 0 Å².